The number of anilines is 1. The number of rotatable bonds is 6. The molecule has 1 aromatic carbocycles. The van der Waals surface area contributed by atoms with Crippen LogP contribution in [0.25, 0.3) is 0 Å². The summed E-state index contributed by atoms with van der Waals surface area (Å²) in [6.07, 6.45) is 2.62. The lowest BCUT2D eigenvalue weighted by atomic mass is 10.2. The first-order valence-corrected chi connectivity index (χ1v) is 10.9. The molecule has 2 N–H and O–H groups in total. The summed E-state index contributed by atoms with van der Waals surface area (Å²) < 4.78 is 32.3. The van der Waals surface area contributed by atoms with Gasteiger partial charge < -0.3 is 15.2 Å². The van der Waals surface area contributed by atoms with Crippen LogP contribution in [0.3, 0.4) is 0 Å². The minimum absolute atomic E-state index is 0.143. The Morgan fingerprint density at radius 2 is 1.90 bits per heavy atom. The smallest absolute Gasteiger partial charge is 0.273 e. The van der Waals surface area contributed by atoms with Gasteiger partial charge in [-0.1, -0.05) is 5.16 Å². The monoisotopic (exact) mass is 418 g/mol. The van der Waals surface area contributed by atoms with Crippen LogP contribution in [0, 0.1) is 0 Å². The minimum atomic E-state index is -3.68. The van der Waals surface area contributed by atoms with E-state index in [0.717, 1.165) is 18.6 Å². The maximum absolute atomic E-state index is 12.9. The van der Waals surface area contributed by atoms with Gasteiger partial charge in [0.05, 0.1) is 4.90 Å². The number of amides is 2. The van der Waals surface area contributed by atoms with Crippen LogP contribution >= 0.6 is 0 Å². The number of hydrogen-bond acceptors (Lipinski definition) is 6. The van der Waals surface area contributed by atoms with E-state index in [9.17, 15) is 18.0 Å². The Morgan fingerprint density at radius 1 is 1.17 bits per heavy atom. The molecule has 4 rings (SSSR count). The third kappa shape index (κ3) is 4.33. The van der Waals surface area contributed by atoms with Crippen LogP contribution < -0.4 is 10.6 Å². The molecule has 10 heteroatoms. The third-order valence-electron chi connectivity index (χ3n) is 5.04. The number of benzene rings is 1. The Morgan fingerprint density at radius 3 is 2.55 bits per heavy atom. The second kappa shape index (κ2) is 7.60. The highest BCUT2D eigenvalue weighted by Gasteiger charge is 2.34. The van der Waals surface area contributed by atoms with Crippen LogP contribution in [0.1, 0.15) is 48.4 Å². The maximum atomic E-state index is 12.9. The fourth-order valence-electron chi connectivity index (χ4n) is 3.34. The van der Waals surface area contributed by atoms with Crippen molar-refractivity contribution in [2.45, 2.75) is 43.0 Å². The molecule has 0 bridgehead atoms. The summed E-state index contributed by atoms with van der Waals surface area (Å²) in [5.41, 5.74) is 0.753. The van der Waals surface area contributed by atoms with Crippen molar-refractivity contribution >= 4 is 27.5 Å². The first-order chi connectivity index (χ1) is 13.8. The largest absolute Gasteiger partial charge is 0.360 e. The second-order valence-electron chi connectivity index (χ2n) is 7.42. The summed E-state index contributed by atoms with van der Waals surface area (Å²) in [6.45, 7) is 1.89. The summed E-state index contributed by atoms with van der Waals surface area (Å²) in [5, 5.41) is 9.25. The molecular formula is C19H22N4O5S. The van der Waals surface area contributed by atoms with E-state index in [-0.39, 0.29) is 35.0 Å². The van der Waals surface area contributed by atoms with Crippen LogP contribution in [0.4, 0.5) is 5.69 Å². The summed E-state index contributed by atoms with van der Waals surface area (Å²) in [6, 6.07) is 7.38. The Bertz CT molecular complexity index is 1030. The molecule has 2 amide bonds. The zero-order chi connectivity index (χ0) is 20.6. The van der Waals surface area contributed by atoms with Gasteiger partial charge in [0.2, 0.25) is 15.9 Å². The molecule has 2 aliphatic rings. The van der Waals surface area contributed by atoms with E-state index in [2.05, 4.69) is 15.8 Å². The topological polar surface area (TPSA) is 122 Å². The molecule has 0 spiro atoms. The first-order valence-electron chi connectivity index (χ1n) is 9.48. The van der Waals surface area contributed by atoms with Gasteiger partial charge in [0.15, 0.2) is 5.69 Å². The molecule has 29 heavy (non-hydrogen) atoms. The molecule has 1 unspecified atom stereocenters. The molecule has 1 aromatic heterocycles. The van der Waals surface area contributed by atoms with E-state index < -0.39 is 10.0 Å². The normalized spacial score (nSPS) is 19.8. The van der Waals surface area contributed by atoms with Crippen molar-refractivity contribution in [2.24, 2.45) is 0 Å². The lowest BCUT2D eigenvalue weighted by Crippen LogP contribution is -2.38. The lowest BCUT2D eigenvalue weighted by Gasteiger charge is -2.17. The molecule has 1 saturated heterocycles. The van der Waals surface area contributed by atoms with Crippen LogP contribution in [0.5, 0.6) is 0 Å². The standard InChI is InChI=1S/C19H22N4O5S/c1-12(24)20-14-4-6-16(7-5-14)29(26,27)23-9-8-15(11-23)21-19(25)17-10-18(28-22-17)13-2-3-13/h4-7,10,13,15H,2-3,8-9,11H2,1H3,(H,20,24)(H,21,25). The molecule has 154 valence electrons. The Balaban J connectivity index is 1.37. The van der Waals surface area contributed by atoms with Crippen LogP contribution in [-0.4, -0.2) is 48.8 Å². The molecule has 9 nitrogen and oxygen atoms in total. The molecule has 2 fully saturated rings. The average molecular weight is 418 g/mol. The zero-order valence-electron chi connectivity index (χ0n) is 15.9. The van der Waals surface area contributed by atoms with Crippen molar-refractivity contribution in [1.29, 1.82) is 0 Å². The number of hydrogen-bond donors (Lipinski definition) is 2. The Kier molecular flexibility index (Phi) is 5.13. The number of carbonyl (C=O) groups is 2. The molecule has 1 saturated carbocycles. The Hall–Kier alpha value is -2.72. The van der Waals surface area contributed by atoms with Gasteiger partial charge >= 0.3 is 0 Å². The SMILES string of the molecule is CC(=O)Nc1ccc(S(=O)(=O)N2CCC(NC(=O)c3cc(C4CC4)on3)C2)cc1. The molecule has 2 heterocycles. The van der Waals surface area contributed by atoms with E-state index in [4.69, 9.17) is 4.52 Å². The molecule has 1 aliphatic heterocycles. The van der Waals surface area contributed by atoms with Gasteiger partial charge in [-0.3, -0.25) is 9.59 Å². The van der Waals surface area contributed by atoms with Crippen molar-refractivity contribution in [3.63, 3.8) is 0 Å². The fraction of sp³-hybridized carbons (Fsp3) is 0.421. The summed E-state index contributed by atoms with van der Waals surface area (Å²) in [7, 11) is -3.68. The lowest BCUT2D eigenvalue weighted by molar-refractivity contribution is -0.114. The van der Waals surface area contributed by atoms with Crippen LogP contribution in [0.15, 0.2) is 39.8 Å². The Labute approximate surface area is 168 Å². The molecule has 0 radical (unpaired) electrons. The molecular weight excluding hydrogens is 396 g/mol. The highest BCUT2D eigenvalue weighted by atomic mass is 32.2. The molecule has 2 aromatic rings. The van der Waals surface area contributed by atoms with E-state index in [1.807, 2.05) is 0 Å². The quantitative estimate of drug-likeness (QED) is 0.736. The molecule has 1 aliphatic carbocycles. The average Bonchev–Trinajstić information content (AvgIpc) is 3.21. The van der Waals surface area contributed by atoms with Crippen molar-refractivity contribution in [3.05, 3.63) is 41.8 Å². The first kappa shape index (κ1) is 19.6. The predicted molar refractivity (Wildman–Crippen MR) is 104 cm³/mol. The van der Waals surface area contributed by atoms with Gasteiger partial charge in [0.1, 0.15) is 5.76 Å². The molecule has 1 atom stereocenters. The third-order valence-corrected chi connectivity index (χ3v) is 6.92. The predicted octanol–water partition coefficient (Wildman–Crippen LogP) is 1.70. The highest BCUT2D eigenvalue weighted by Crippen LogP contribution is 2.40. The van der Waals surface area contributed by atoms with Gasteiger partial charge in [-0.2, -0.15) is 4.31 Å². The van der Waals surface area contributed by atoms with Crippen LogP contribution in [-0.2, 0) is 14.8 Å². The van der Waals surface area contributed by atoms with Gasteiger partial charge in [0.25, 0.3) is 5.91 Å². The summed E-state index contributed by atoms with van der Waals surface area (Å²) >= 11 is 0. The van der Waals surface area contributed by atoms with E-state index in [1.165, 1.54) is 23.4 Å². The van der Waals surface area contributed by atoms with Crippen LogP contribution in [0.2, 0.25) is 0 Å². The van der Waals surface area contributed by atoms with Crippen molar-refractivity contribution < 1.29 is 22.5 Å². The minimum Gasteiger partial charge on any atom is -0.360 e. The number of nitrogens with zero attached hydrogens (tertiary/aromatic N) is 2. The van der Waals surface area contributed by atoms with Gasteiger partial charge in [-0.05, 0) is 43.5 Å². The zero-order valence-corrected chi connectivity index (χ0v) is 16.7. The fourth-order valence-corrected chi connectivity index (χ4v) is 4.84. The summed E-state index contributed by atoms with van der Waals surface area (Å²) in [5.74, 6) is 0.515. The number of carbonyl (C=O) groups excluding carboxylic acids is 2. The van der Waals surface area contributed by atoms with Crippen molar-refractivity contribution in [1.82, 2.24) is 14.8 Å². The van der Waals surface area contributed by atoms with Gasteiger partial charge in [-0.15, -0.1) is 0 Å². The second-order valence-corrected chi connectivity index (χ2v) is 9.35. The van der Waals surface area contributed by atoms with Crippen molar-refractivity contribution in [2.75, 3.05) is 18.4 Å². The van der Waals surface area contributed by atoms with Crippen molar-refractivity contribution in [3.8, 4) is 0 Å². The summed E-state index contributed by atoms with van der Waals surface area (Å²) in [4.78, 5) is 23.6. The highest BCUT2D eigenvalue weighted by molar-refractivity contribution is 7.89. The maximum Gasteiger partial charge on any atom is 0.273 e. The van der Waals surface area contributed by atoms with E-state index >= 15 is 0 Å². The number of sulfonamides is 1. The van der Waals surface area contributed by atoms with Gasteiger partial charge in [0, 0.05) is 43.7 Å². The number of aromatic nitrogens is 1. The van der Waals surface area contributed by atoms with E-state index in [0.29, 0.717) is 24.6 Å². The van der Waals surface area contributed by atoms with E-state index in [1.54, 1.807) is 18.2 Å². The number of nitrogens with one attached hydrogen (secondary N) is 2. The van der Waals surface area contributed by atoms with Gasteiger partial charge in [-0.25, -0.2) is 8.42 Å².